The molecule has 0 saturated heterocycles. The predicted molar refractivity (Wildman–Crippen MR) is 118 cm³/mol. The first-order chi connectivity index (χ1) is 13.1. The van der Waals surface area contributed by atoms with Crippen LogP contribution in [-0.2, 0) is 0 Å². The Morgan fingerprint density at radius 2 is 1.19 bits per heavy atom. The molecule has 0 heterocycles. The summed E-state index contributed by atoms with van der Waals surface area (Å²) in [7, 11) is 0. The topological polar surface area (TPSA) is 24.1 Å². The van der Waals surface area contributed by atoms with Crippen molar-refractivity contribution in [2.24, 2.45) is 0 Å². The summed E-state index contributed by atoms with van der Waals surface area (Å²) < 4.78 is 0. The molecule has 3 rings (SSSR count). The van der Waals surface area contributed by atoms with Crippen molar-refractivity contribution in [3.05, 3.63) is 102 Å². The number of anilines is 3. The van der Waals surface area contributed by atoms with Crippen LogP contribution in [0.25, 0.3) is 11.1 Å². The highest BCUT2D eigenvalue weighted by Crippen LogP contribution is 2.25. The van der Waals surface area contributed by atoms with E-state index in [2.05, 4.69) is 97.3 Å². The van der Waals surface area contributed by atoms with Crippen LogP contribution in [-0.4, -0.2) is 0 Å². The quantitative estimate of drug-likeness (QED) is 0.451. The fourth-order valence-corrected chi connectivity index (χ4v) is 2.85. The van der Waals surface area contributed by atoms with Gasteiger partial charge in [0, 0.05) is 22.8 Å². The summed E-state index contributed by atoms with van der Waals surface area (Å²) in [5.41, 5.74) is 8.06. The highest BCUT2D eigenvalue weighted by molar-refractivity contribution is 5.70. The van der Waals surface area contributed by atoms with Crippen LogP contribution in [0, 0.1) is 0 Å². The van der Waals surface area contributed by atoms with E-state index in [1.165, 1.54) is 16.7 Å². The molecule has 0 atom stereocenters. The Morgan fingerprint density at radius 1 is 0.667 bits per heavy atom. The van der Waals surface area contributed by atoms with E-state index in [4.69, 9.17) is 0 Å². The zero-order valence-corrected chi connectivity index (χ0v) is 16.2. The lowest BCUT2D eigenvalue weighted by Gasteiger charge is -2.10. The molecule has 0 radical (unpaired) electrons. The van der Waals surface area contributed by atoms with Gasteiger partial charge in [0.05, 0.1) is 0 Å². The first kappa shape index (κ1) is 18.5. The summed E-state index contributed by atoms with van der Waals surface area (Å²) in [5, 5.41) is 6.86. The number of hydrogen-bond acceptors (Lipinski definition) is 2. The number of benzene rings is 3. The average Bonchev–Trinajstić information content (AvgIpc) is 2.69. The van der Waals surface area contributed by atoms with Gasteiger partial charge >= 0.3 is 0 Å². The third-order valence-electron chi connectivity index (χ3n) is 4.21. The lowest BCUT2D eigenvalue weighted by Crippen LogP contribution is -1.96. The maximum atomic E-state index is 3.45. The first-order valence-electron chi connectivity index (χ1n) is 9.25. The zero-order chi connectivity index (χ0) is 19.1. The first-order valence-corrected chi connectivity index (χ1v) is 9.25. The molecule has 2 N–H and O–H groups in total. The van der Waals surface area contributed by atoms with Crippen LogP contribution >= 0.6 is 0 Å². The van der Waals surface area contributed by atoms with E-state index in [1.807, 2.05) is 25.1 Å². The van der Waals surface area contributed by atoms with Crippen molar-refractivity contribution >= 4 is 17.1 Å². The van der Waals surface area contributed by atoms with Crippen LogP contribution in [0.1, 0.15) is 20.8 Å². The molecule has 2 nitrogen and oxygen atoms in total. The standard InChI is InChI=1S/C25H26N2/c1-4-22(18-19(2)3)26-24-14-10-20(11-15-24)21-12-16-25(17-13-21)27-23-8-6-5-7-9-23/h4-18,26-27H,1-3H3/b22-4+. The Morgan fingerprint density at radius 3 is 1.70 bits per heavy atom. The second kappa shape index (κ2) is 8.91. The largest absolute Gasteiger partial charge is 0.356 e. The maximum Gasteiger partial charge on any atom is 0.0384 e. The van der Waals surface area contributed by atoms with Gasteiger partial charge in [-0.3, -0.25) is 0 Å². The van der Waals surface area contributed by atoms with E-state index in [-0.39, 0.29) is 0 Å². The normalized spacial score (nSPS) is 11.0. The lowest BCUT2D eigenvalue weighted by molar-refractivity contribution is 1.34. The van der Waals surface area contributed by atoms with Crippen molar-refractivity contribution in [2.75, 3.05) is 10.6 Å². The third-order valence-corrected chi connectivity index (χ3v) is 4.21. The highest BCUT2D eigenvalue weighted by atomic mass is 14.9. The molecule has 3 aromatic carbocycles. The molecule has 2 heteroatoms. The van der Waals surface area contributed by atoms with E-state index in [1.54, 1.807) is 0 Å². The molecular weight excluding hydrogens is 328 g/mol. The van der Waals surface area contributed by atoms with Gasteiger partial charge in [-0.2, -0.15) is 0 Å². The SMILES string of the molecule is C/C=C(\C=C(C)C)Nc1ccc(-c2ccc(Nc3ccccc3)cc2)cc1. The van der Waals surface area contributed by atoms with Crippen molar-refractivity contribution in [1.82, 2.24) is 0 Å². The second-order valence-corrected chi connectivity index (χ2v) is 6.74. The molecular formula is C25H26N2. The summed E-state index contributed by atoms with van der Waals surface area (Å²) in [6.07, 6.45) is 4.23. The van der Waals surface area contributed by atoms with Crippen molar-refractivity contribution < 1.29 is 0 Å². The van der Waals surface area contributed by atoms with Gasteiger partial charge in [-0.25, -0.2) is 0 Å². The van der Waals surface area contributed by atoms with Crippen LogP contribution in [0.15, 0.2) is 102 Å². The molecule has 0 unspecified atom stereocenters. The van der Waals surface area contributed by atoms with Gasteiger partial charge in [-0.05, 0) is 74.4 Å². The minimum absolute atomic E-state index is 1.09. The molecule has 0 bridgehead atoms. The van der Waals surface area contributed by atoms with Gasteiger partial charge in [-0.1, -0.05) is 54.1 Å². The van der Waals surface area contributed by atoms with Gasteiger partial charge < -0.3 is 10.6 Å². The Bertz CT molecular complexity index is 914. The van der Waals surface area contributed by atoms with E-state index in [0.717, 1.165) is 22.8 Å². The van der Waals surface area contributed by atoms with E-state index >= 15 is 0 Å². The average molecular weight is 354 g/mol. The van der Waals surface area contributed by atoms with Gasteiger partial charge in [0.2, 0.25) is 0 Å². The molecule has 0 spiro atoms. The summed E-state index contributed by atoms with van der Waals surface area (Å²) in [5.74, 6) is 0. The minimum atomic E-state index is 1.09. The van der Waals surface area contributed by atoms with Gasteiger partial charge in [0.25, 0.3) is 0 Å². The number of para-hydroxylation sites is 1. The molecule has 0 aliphatic carbocycles. The minimum Gasteiger partial charge on any atom is -0.356 e. The van der Waals surface area contributed by atoms with Crippen LogP contribution < -0.4 is 10.6 Å². The summed E-state index contributed by atoms with van der Waals surface area (Å²) in [6.45, 7) is 6.25. The van der Waals surface area contributed by atoms with Crippen LogP contribution in [0.2, 0.25) is 0 Å². The molecule has 3 aromatic rings. The van der Waals surface area contributed by atoms with Crippen LogP contribution in [0.4, 0.5) is 17.1 Å². The van der Waals surface area contributed by atoms with Crippen molar-refractivity contribution in [3.63, 3.8) is 0 Å². The fraction of sp³-hybridized carbons (Fsp3) is 0.120. The zero-order valence-electron chi connectivity index (χ0n) is 16.2. The molecule has 0 aliphatic heterocycles. The predicted octanol–water partition coefficient (Wildman–Crippen LogP) is 7.38. The maximum absolute atomic E-state index is 3.45. The molecule has 27 heavy (non-hydrogen) atoms. The molecule has 0 aliphatic rings. The van der Waals surface area contributed by atoms with E-state index in [9.17, 15) is 0 Å². The molecule has 0 fully saturated rings. The molecule has 0 aromatic heterocycles. The summed E-state index contributed by atoms with van der Waals surface area (Å²) >= 11 is 0. The van der Waals surface area contributed by atoms with E-state index in [0.29, 0.717) is 0 Å². The molecule has 0 saturated carbocycles. The van der Waals surface area contributed by atoms with Gasteiger partial charge in [0.15, 0.2) is 0 Å². The van der Waals surface area contributed by atoms with Crippen molar-refractivity contribution in [3.8, 4) is 11.1 Å². The van der Waals surface area contributed by atoms with Crippen molar-refractivity contribution in [1.29, 1.82) is 0 Å². The van der Waals surface area contributed by atoms with Gasteiger partial charge in [0.1, 0.15) is 0 Å². The number of rotatable bonds is 6. The lowest BCUT2D eigenvalue weighted by atomic mass is 10.0. The van der Waals surface area contributed by atoms with Crippen molar-refractivity contribution in [2.45, 2.75) is 20.8 Å². The molecule has 136 valence electrons. The highest BCUT2D eigenvalue weighted by Gasteiger charge is 2.00. The summed E-state index contributed by atoms with van der Waals surface area (Å²) in [4.78, 5) is 0. The fourth-order valence-electron chi connectivity index (χ4n) is 2.85. The Labute approximate surface area is 162 Å². The molecule has 0 amide bonds. The Kier molecular flexibility index (Phi) is 6.11. The Hall–Kier alpha value is -3.26. The number of hydrogen-bond donors (Lipinski definition) is 2. The second-order valence-electron chi connectivity index (χ2n) is 6.74. The van der Waals surface area contributed by atoms with Crippen LogP contribution in [0.3, 0.4) is 0 Å². The Balaban J connectivity index is 1.69. The summed E-state index contributed by atoms with van der Waals surface area (Å²) in [6, 6.07) is 27.3. The van der Waals surface area contributed by atoms with Crippen LogP contribution in [0.5, 0.6) is 0 Å². The monoisotopic (exact) mass is 354 g/mol. The van der Waals surface area contributed by atoms with E-state index < -0.39 is 0 Å². The number of nitrogens with one attached hydrogen (secondary N) is 2. The number of allylic oxidation sites excluding steroid dienone is 3. The van der Waals surface area contributed by atoms with Gasteiger partial charge in [-0.15, -0.1) is 0 Å². The third kappa shape index (κ3) is 5.35. The smallest absolute Gasteiger partial charge is 0.0384 e.